The zero-order chi connectivity index (χ0) is 15.2. The maximum atomic E-state index is 5.58. The van der Waals surface area contributed by atoms with Crippen LogP contribution in [-0.2, 0) is 12.2 Å². The van der Waals surface area contributed by atoms with E-state index in [9.17, 15) is 0 Å². The van der Waals surface area contributed by atoms with Gasteiger partial charge in [0.25, 0.3) is 0 Å². The molecule has 1 aromatic carbocycles. The highest BCUT2D eigenvalue weighted by Gasteiger charge is 2.09. The summed E-state index contributed by atoms with van der Waals surface area (Å²) in [5.74, 6) is 1.67. The first-order chi connectivity index (χ1) is 10.1. The van der Waals surface area contributed by atoms with E-state index in [1.54, 1.807) is 11.8 Å². The van der Waals surface area contributed by atoms with Crippen LogP contribution < -0.4 is 5.73 Å². The molecule has 1 aromatic heterocycles. The SMILES string of the molecule is Cc1nc(CSc2ccccc2Br)nc(C)c1CCCN. The van der Waals surface area contributed by atoms with E-state index >= 15 is 0 Å². The highest BCUT2D eigenvalue weighted by Crippen LogP contribution is 2.29. The Morgan fingerprint density at radius 3 is 2.43 bits per heavy atom. The first-order valence-corrected chi connectivity index (χ1v) is 8.80. The second kappa shape index (κ2) is 7.92. The molecule has 0 spiro atoms. The van der Waals surface area contributed by atoms with E-state index in [1.165, 1.54) is 10.5 Å². The first-order valence-electron chi connectivity index (χ1n) is 7.02. The predicted molar refractivity (Wildman–Crippen MR) is 92.6 cm³/mol. The molecule has 0 bridgehead atoms. The normalized spacial score (nSPS) is 10.9. The third-order valence-corrected chi connectivity index (χ3v) is 5.31. The standard InChI is InChI=1S/C16H20BrN3S/c1-11-13(6-5-9-18)12(2)20-16(19-11)10-21-15-8-4-3-7-14(15)17/h3-4,7-8H,5-6,9-10,18H2,1-2H3. The van der Waals surface area contributed by atoms with Crippen LogP contribution in [-0.4, -0.2) is 16.5 Å². The third-order valence-electron chi connectivity index (χ3n) is 3.29. The molecular weight excluding hydrogens is 346 g/mol. The van der Waals surface area contributed by atoms with Crippen LogP contribution in [0.5, 0.6) is 0 Å². The third kappa shape index (κ3) is 4.53. The first kappa shape index (κ1) is 16.5. The van der Waals surface area contributed by atoms with Crippen molar-refractivity contribution in [1.29, 1.82) is 0 Å². The average Bonchev–Trinajstić information content (AvgIpc) is 2.46. The average molecular weight is 366 g/mol. The monoisotopic (exact) mass is 365 g/mol. The van der Waals surface area contributed by atoms with E-state index in [4.69, 9.17) is 5.73 Å². The maximum Gasteiger partial charge on any atom is 0.139 e. The molecule has 0 atom stereocenters. The Balaban J connectivity index is 2.09. The van der Waals surface area contributed by atoms with Crippen molar-refractivity contribution in [3.63, 3.8) is 0 Å². The summed E-state index contributed by atoms with van der Waals surface area (Å²) in [5, 5.41) is 0. The van der Waals surface area contributed by atoms with Gasteiger partial charge in [-0.25, -0.2) is 9.97 Å². The molecule has 3 nitrogen and oxygen atoms in total. The quantitative estimate of drug-likeness (QED) is 0.784. The summed E-state index contributed by atoms with van der Waals surface area (Å²) >= 11 is 5.31. The van der Waals surface area contributed by atoms with Gasteiger partial charge in [-0.2, -0.15) is 0 Å². The second-order valence-electron chi connectivity index (χ2n) is 4.90. The molecule has 0 amide bonds. The van der Waals surface area contributed by atoms with Crippen molar-refractivity contribution < 1.29 is 0 Å². The smallest absolute Gasteiger partial charge is 0.139 e. The number of benzene rings is 1. The largest absolute Gasteiger partial charge is 0.330 e. The van der Waals surface area contributed by atoms with Crippen LogP contribution in [0.3, 0.4) is 0 Å². The van der Waals surface area contributed by atoms with Crippen molar-refractivity contribution in [1.82, 2.24) is 9.97 Å². The van der Waals surface area contributed by atoms with Crippen molar-refractivity contribution in [2.45, 2.75) is 37.3 Å². The van der Waals surface area contributed by atoms with Gasteiger partial charge in [-0.3, -0.25) is 0 Å². The van der Waals surface area contributed by atoms with Gasteiger partial charge < -0.3 is 5.73 Å². The van der Waals surface area contributed by atoms with Crippen molar-refractivity contribution in [3.05, 3.63) is 51.5 Å². The number of nitrogens with zero attached hydrogens (tertiary/aromatic N) is 2. The summed E-state index contributed by atoms with van der Waals surface area (Å²) in [7, 11) is 0. The lowest BCUT2D eigenvalue weighted by molar-refractivity contribution is 0.796. The highest BCUT2D eigenvalue weighted by molar-refractivity contribution is 9.10. The minimum absolute atomic E-state index is 0.707. The van der Waals surface area contributed by atoms with Gasteiger partial charge in [0.05, 0.1) is 5.75 Å². The van der Waals surface area contributed by atoms with Gasteiger partial charge in [-0.1, -0.05) is 12.1 Å². The number of nitrogens with two attached hydrogens (primary N) is 1. The molecule has 0 aliphatic carbocycles. The minimum Gasteiger partial charge on any atom is -0.330 e. The fourth-order valence-electron chi connectivity index (χ4n) is 2.22. The van der Waals surface area contributed by atoms with E-state index in [-0.39, 0.29) is 0 Å². The Hall–Kier alpha value is -0.910. The van der Waals surface area contributed by atoms with E-state index in [0.717, 1.165) is 40.3 Å². The molecule has 0 aliphatic rings. The number of thioether (sulfide) groups is 1. The number of rotatable bonds is 6. The number of hydrogen-bond acceptors (Lipinski definition) is 4. The molecule has 1 heterocycles. The molecule has 21 heavy (non-hydrogen) atoms. The van der Waals surface area contributed by atoms with Gasteiger partial charge in [-0.15, -0.1) is 11.8 Å². The summed E-state index contributed by atoms with van der Waals surface area (Å²) < 4.78 is 1.11. The van der Waals surface area contributed by atoms with Crippen LogP contribution in [0.15, 0.2) is 33.6 Å². The summed E-state index contributed by atoms with van der Waals surface area (Å²) in [4.78, 5) is 10.5. The Morgan fingerprint density at radius 1 is 1.14 bits per heavy atom. The van der Waals surface area contributed by atoms with Gasteiger partial charge in [0.1, 0.15) is 5.82 Å². The second-order valence-corrected chi connectivity index (χ2v) is 6.77. The number of halogens is 1. The molecule has 112 valence electrons. The van der Waals surface area contributed by atoms with Crippen LogP contribution in [0.1, 0.15) is 29.2 Å². The van der Waals surface area contributed by atoms with E-state index < -0.39 is 0 Å². The van der Waals surface area contributed by atoms with Gasteiger partial charge in [0.2, 0.25) is 0 Å². The Labute approximate surface area is 138 Å². The summed E-state index contributed by atoms with van der Waals surface area (Å²) in [5.41, 5.74) is 8.99. The van der Waals surface area contributed by atoms with Crippen molar-refractivity contribution in [2.24, 2.45) is 5.73 Å². The van der Waals surface area contributed by atoms with Crippen LogP contribution >= 0.6 is 27.7 Å². The molecule has 2 N–H and O–H groups in total. The van der Waals surface area contributed by atoms with Crippen LogP contribution in [0.25, 0.3) is 0 Å². The summed E-state index contributed by atoms with van der Waals surface area (Å²) in [6.45, 7) is 4.83. The number of aromatic nitrogens is 2. The molecule has 2 rings (SSSR count). The lowest BCUT2D eigenvalue weighted by Gasteiger charge is -2.10. The topological polar surface area (TPSA) is 51.8 Å². The van der Waals surface area contributed by atoms with Gasteiger partial charge in [0, 0.05) is 20.8 Å². The highest BCUT2D eigenvalue weighted by atomic mass is 79.9. The summed E-state index contributed by atoms with van der Waals surface area (Å²) in [6.07, 6.45) is 1.95. The van der Waals surface area contributed by atoms with Crippen LogP contribution in [0, 0.1) is 13.8 Å². The molecule has 0 saturated carbocycles. The van der Waals surface area contributed by atoms with E-state index in [0.29, 0.717) is 6.54 Å². The fraction of sp³-hybridized carbons (Fsp3) is 0.375. The zero-order valence-electron chi connectivity index (χ0n) is 12.4. The molecular formula is C16H20BrN3S. The van der Waals surface area contributed by atoms with Gasteiger partial charge in [-0.05, 0) is 66.9 Å². The van der Waals surface area contributed by atoms with Gasteiger partial charge in [0.15, 0.2) is 0 Å². The Morgan fingerprint density at radius 2 is 1.81 bits per heavy atom. The molecule has 0 radical (unpaired) electrons. The Kier molecular flexibility index (Phi) is 6.21. The summed E-state index contributed by atoms with van der Waals surface area (Å²) in [6, 6.07) is 8.21. The van der Waals surface area contributed by atoms with Crippen LogP contribution in [0.2, 0.25) is 0 Å². The molecule has 0 aliphatic heterocycles. The minimum atomic E-state index is 0.707. The van der Waals surface area contributed by atoms with Crippen molar-refractivity contribution in [2.75, 3.05) is 6.54 Å². The molecule has 2 aromatic rings. The number of aryl methyl sites for hydroxylation is 2. The van der Waals surface area contributed by atoms with Gasteiger partial charge >= 0.3 is 0 Å². The van der Waals surface area contributed by atoms with Crippen LogP contribution in [0.4, 0.5) is 0 Å². The molecule has 0 unspecified atom stereocenters. The van der Waals surface area contributed by atoms with E-state index in [2.05, 4.69) is 51.9 Å². The number of hydrogen-bond donors (Lipinski definition) is 1. The molecule has 0 saturated heterocycles. The van der Waals surface area contributed by atoms with Crippen molar-refractivity contribution in [3.8, 4) is 0 Å². The van der Waals surface area contributed by atoms with E-state index in [1.807, 2.05) is 12.1 Å². The molecule has 5 heteroatoms. The predicted octanol–water partition coefficient (Wildman–Crippen LogP) is 4.04. The lowest BCUT2D eigenvalue weighted by atomic mass is 10.1. The lowest BCUT2D eigenvalue weighted by Crippen LogP contribution is -2.07. The zero-order valence-corrected chi connectivity index (χ0v) is 14.8. The Bertz CT molecular complexity index is 593. The fourth-order valence-corrected chi connectivity index (χ4v) is 3.64. The maximum absolute atomic E-state index is 5.58. The molecule has 0 fully saturated rings. The van der Waals surface area contributed by atoms with Crippen molar-refractivity contribution >= 4 is 27.7 Å².